The van der Waals surface area contributed by atoms with Crippen molar-refractivity contribution in [3.63, 3.8) is 0 Å². The van der Waals surface area contributed by atoms with Crippen molar-refractivity contribution >= 4 is 51.2 Å². The number of benzene rings is 2. The fourth-order valence-corrected chi connectivity index (χ4v) is 3.28. The highest BCUT2D eigenvalue weighted by atomic mass is 79.9. The molecule has 0 bridgehead atoms. The molecule has 0 aliphatic heterocycles. The van der Waals surface area contributed by atoms with Gasteiger partial charge in [-0.3, -0.25) is 14.9 Å². The highest BCUT2D eigenvalue weighted by Gasteiger charge is 2.13. The van der Waals surface area contributed by atoms with E-state index >= 15 is 0 Å². The Bertz CT molecular complexity index is 957. The van der Waals surface area contributed by atoms with Gasteiger partial charge in [0.15, 0.2) is 10.9 Å². The van der Waals surface area contributed by atoms with Crippen LogP contribution in [0.4, 0.5) is 5.69 Å². The van der Waals surface area contributed by atoms with Crippen LogP contribution in [0.1, 0.15) is 10.4 Å². The third-order valence-electron chi connectivity index (χ3n) is 3.78. The Morgan fingerprint density at radius 3 is 2.58 bits per heavy atom. The molecule has 7 nitrogen and oxygen atoms in total. The van der Waals surface area contributed by atoms with Crippen LogP contribution in [0.25, 0.3) is 11.0 Å². The number of halogens is 1. The fourth-order valence-electron chi connectivity index (χ4n) is 2.40. The highest BCUT2D eigenvalue weighted by Crippen LogP contribution is 2.26. The fraction of sp³-hybridized carbons (Fsp3) is 0.176. The average molecular weight is 438 g/mol. The number of carbonyl (C=O) groups excluding carboxylic acids is 1. The van der Waals surface area contributed by atoms with Gasteiger partial charge >= 0.3 is 0 Å². The number of Topliss-reactive ketones (excluding diaryl/α,β-unsaturated/α-hetero) is 1. The van der Waals surface area contributed by atoms with Crippen molar-refractivity contribution < 1.29 is 14.5 Å². The topological polar surface area (TPSA) is 87.3 Å². The predicted molar refractivity (Wildman–Crippen MR) is 106 cm³/mol. The van der Waals surface area contributed by atoms with Crippen molar-refractivity contribution in [2.24, 2.45) is 7.05 Å². The molecule has 3 rings (SSSR count). The Balaban J connectivity index is 0.00000243. The van der Waals surface area contributed by atoms with Crippen LogP contribution in [-0.4, -0.2) is 33.1 Å². The Morgan fingerprint density at radius 1 is 1.27 bits per heavy atom. The second-order valence-corrected chi connectivity index (χ2v) is 6.27. The molecule has 0 atom stereocenters. The van der Waals surface area contributed by atoms with Crippen LogP contribution in [0.5, 0.6) is 5.75 Å². The molecule has 0 spiro atoms. The van der Waals surface area contributed by atoms with E-state index in [9.17, 15) is 14.9 Å². The molecule has 26 heavy (non-hydrogen) atoms. The summed E-state index contributed by atoms with van der Waals surface area (Å²) in [4.78, 5) is 27.0. The molecule has 0 aliphatic carbocycles. The lowest BCUT2D eigenvalue weighted by molar-refractivity contribution is -0.384. The number of aryl methyl sites for hydroxylation is 1. The van der Waals surface area contributed by atoms with Crippen LogP contribution in [-0.2, 0) is 7.05 Å². The summed E-state index contributed by atoms with van der Waals surface area (Å²) in [7, 11) is 3.49. The molecule has 0 amide bonds. The number of ketones is 1. The quantitative estimate of drug-likeness (QED) is 0.250. The van der Waals surface area contributed by atoms with Crippen molar-refractivity contribution in [1.29, 1.82) is 0 Å². The smallest absolute Gasteiger partial charge is 0.269 e. The zero-order valence-electron chi connectivity index (χ0n) is 14.0. The van der Waals surface area contributed by atoms with Gasteiger partial charge in [-0.05, 0) is 24.3 Å². The first-order valence-electron chi connectivity index (χ1n) is 7.40. The molecule has 1 heterocycles. The van der Waals surface area contributed by atoms with E-state index < -0.39 is 4.92 Å². The van der Waals surface area contributed by atoms with E-state index in [0.717, 1.165) is 21.9 Å². The third kappa shape index (κ3) is 4.05. The summed E-state index contributed by atoms with van der Waals surface area (Å²) in [6, 6.07) is 11.2. The summed E-state index contributed by atoms with van der Waals surface area (Å²) in [5.74, 6) is 0.820. The maximum Gasteiger partial charge on any atom is 0.269 e. The third-order valence-corrected chi connectivity index (χ3v) is 4.81. The summed E-state index contributed by atoms with van der Waals surface area (Å²) in [6.45, 7) is 0. The lowest BCUT2D eigenvalue weighted by atomic mass is 10.1. The van der Waals surface area contributed by atoms with Crippen molar-refractivity contribution in [1.82, 2.24) is 9.55 Å². The number of hydrogen-bond acceptors (Lipinski definition) is 6. The summed E-state index contributed by atoms with van der Waals surface area (Å²) in [6.07, 6.45) is 0. The standard InChI is InChI=1S/C17H15N3O4S.BrH/c1-19-15-8-7-13(24-2)9-14(15)18-17(19)25-10-16(21)11-3-5-12(6-4-11)20(22)23;/h3-9H,10H2,1-2H3;1H. The Hall–Kier alpha value is -2.39. The van der Waals surface area contributed by atoms with Crippen LogP contribution in [0, 0.1) is 10.1 Å². The van der Waals surface area contributed by atoms with E-state index in [2.05, 4.69) is 4.98 Å². The number of rotatable bonds is 6. The minimum Gasteiger partial charge on any atom is -0.497 e. The molecule has 0 aliphatic rings. The molecule has 0 saturated heterocycles. The van der Waals surface area contributed by atoms with E-state index in [1.54, 1.807) is 7.11 Å². The molecule has 0 fully saturated rings. The second-order valence-electron chi connectivity index (χ2n) is 5.32. The number of carbonyl (C=O) groups is 1. The van der Waals surface area contributed by atoms with Crippen LogP contribution < -0.4 is 4.74 Å². The first kappa shape index (κ1) is 19.9. The number of methoxy groups -OCH3 is 1. The molecule has 0 saturated carbocycles. The van der Waals surface area contributed by atoms with E-state index in [1.807, 2.05) is 29.8 Å². The number of thioether (sulfide) groups is 1. The monoisotopic (exact) mass is 437 g/mol. The van der Waals surface area contributed by atoms with Gasteiger partial charge in [0, 0.05) is 30.8 Å². The number of fused-ring (bicyclic) bond motifs is 1. The number of nitro groups is 1. The van der Waals surface area contributed by atoms with Gasteiger partial charge in [-0.1, -0.05) is 11.8 Å². The molecule has 0 radical (unpaired) electrons. The van der Waals surface area contributed by atoms with Crippen LogP contribution in [0.2, 0.25) is 0 Å². The first-order valence-corrected chi connectivity index (χ1v) is 8.39. The normalized spacial score (nSPS) is 10.4. The Kier molecular flexibility index (Phi) is 6.38. The number of nitro benzene ring substituents is 1. The van der Waals surface area contributed by atoms with Crippen molar-refractivity contribution in [3.05, 3.63) is 58.1 Å². The number of non-ortho nitro benzene ring substituents is 1. The van der Waals surface area contributed by atoms with Gasteiger partial charge < -0.3 is 9.30 Å². The molecule has 0 N–H and O–H groups in total. The molecular formula is C17H16BrN3O4S. The van der Waals surface area contributed by atoms with Gasteiger partial charge in [-0.15, -0.1) is 17.0 Å². The van der Waals surface area contributed by atoms with Crippen LogP contribution >= 0.6 is 28.7 Å². The van der Waals surface area contributed by atoms with Gasteiger partial charge in [0.1, 0.15) is 5.75 Å². The molecule has 0 unspecified atom stereocenters. The minimum atomic E-state index is -0.489. The van der Waals surface area contributed by atoms with Crippen LogP contribution in [0.3, 0.4) is 0 Å². The van der Waals surface area contributed by atoms with E-state index in [-0.39, 0.29) is 34.2 Å². The maximum atomic E-state index is 12.3. The Labute approximate surface area is 164 Å². The first-order chi connectivity index (χ1) is 12.0. The molecule has 9 heteroatoms. The molecular weight excluding hydrogens is 422 g/mol. The van der Waals surface area contributed by atoms with Crippen molar-refractivity contribution in [2.75, 3.05) is 12.9 Å². The highest BCUT2D eigenvalue weighted by molar-refractivity contribution is 8.93. The van der Waals surface area contributed by atoms with E-state index in [0.29, 0.717) is 5.56 Å². The number of imidazole rings is 1. The largest absolute Gasteiger partial charge is 0.497 e. The summed E-state index contributed by atoms with van der Waals surface area (Å²) >= 11 is 1.33. The molecule has 3 aromatic rings. The average Bonchev–Trinajstić information content (AvgIpc) is 2.94. The zero-order valence-corrected chi connectivity index (χ0v) is 16.6. The number of aromatic nitrogens is 2. The minimum absolute atomic E-state index is 0. The lowest BCUT2D eigenvalue weighted by Crippen LogP contribution is -2.03. The lowest BCUT2D eigenvalue weighted by Gasteiger charge is -2.03. The predicted octanol–water partition coefficient (Wildman–Crippen LogP) is 4.04. The van der Waals surface area contributed by atoms with Crippen molar-refractivity contribution in [3.8, 4) is 5.75 Å². The zero-order chi connectivity index (χ0) is 18.0. The molecule has 2 aromatic carbocycles. The summed E-state index contributed by atoms with van der Waals surface area (Å²) in [5, 5.41) is 11.4. The van der Waals surface area contributed by atoms with E-state index in [4.69, 9.17) is 4.74 Å². The van der Waals surface area contributed by atoms with Crippen molar-refractivity contribution in [2.45, 2.75) is 5.16 Å². The van der Waals surface area contributed by atoms with Gasteiger partial charge in [0.25, 0.3) is 5.69 Å². The summed E-state index contributed by atoms with van der Waals surface area (Å²) < 4.78 is 7.11. The molecule has 1 aromatic heterocycles. The van der Waals surface area contributed by atoms with Crippen LogP contribution in [0.15, 0.2) is 47.6 Å². The van der Waals surface area contributed by atoms with Gasteiger partial charge in [0.05, 0.1) is 28.8 Å². The number of ether oxygens (including phenoxy) is 1. The SMILES string of the molecule is Br.COc1ccc2c(c1)nc(SCC(=O)c1ccc([N+](=O)[O-])cc1)n2C. The maximum absolute atomic E-state index is 12.3. The summed E-state index contributed by atoms with van der Waals surface area (Å²) in [5.41, 5.74) is 2.16. The second kappa shape index (κ2) is 8.33. The van der Waals surface area contributed by atoms with Gasteiger partial charge in [-0.25, -0.2) is 4.98 Å². The van der Waals surface area contributed by atoms with Gasteiger partial charge in [0.2, 0.25) is 0 Å². The number of nitrogens with zero attached hydrogens (tertiary/aromatic N) is 3. The Morgan fingerprint density at radius 2 is 1.96 bits per heavy atom. The number of hydrogen-bond donors (Lipinski definition) is 0. The van der Waals surface area contributed by atoms with Gasteiger partial charge in [-0.2, -0.15) is 0 Å². The van der Waals surface area contributed by atoms with E-state index in [1.165, 1.54) is 36.0 Å². The molecule has 136 valence electrons.